The highest BCUT2D eigenvalue weighted by Gasteiger charge is 2.14. The second kappa shape index (κ2) is 4.14. The van der Waals surface area contributed by atoms with Gasteiger partial charge in [0, 0.05) is 12.7 Å². The highest BCUT2D eigenvalue weighted by Crippen LogP contribution is 2.20. The van der Waals surface area contributed by atoms with Crippen molar-refractivity contribution in [1.29, 1.82) is 0 Å². The number of halogens is 1. The molecule has 0 aromatic heterocycles. The van der Waals surface area contributed by atoms with Crippen LogP contribution in [0.15, 0.2) is 18.2 Å². The molecular formula is C10H11FO2. The van der Waals surface area contributed by atoms with Crippen LogP contribution in [0, 0.1) is 12.7 Å². The van der Waals surface area contributed by atoms with Crippen molar-refractivity contribution < 1.29 is 13.9 Å². The van der Waals surface area contributed by atoms with Gasteiger partial charge in [-0.25, -0.2) is 4.39 Å². The minimum Gasteiger partial charge on any atom is -0.369 e. The molecule has 0 aliphatic rings. The van der Waals surface area contributed by atoms with Crippen LogP contribution in [0.4, 0.5) is 4.39 Å². The van der Waals surface area contributed by atoms with E-state index in [1.807, 2.05) is 0 Å². The molecule has 1 aromatic carbocycles. The minimum absolute atomic E-state index is 0.289. The van der Waals surface area contributed by atoms with Gasteiger partial charge in [-0.15, -0.1) is 0 Å². The molecule has 0 amide bonds. The molecule has 1 atom stereocenters. The van der Waals surface area contributed by atoms with Crippen LogP contribution in [0.25, 0.3) is 0 Å². The third-order valence-electron chi connectivity index (χ3n) is 1.91. The first-order chi connectivity index (χ1) is 6.20. The Morgan fingerprint density at radius 3 is 2.77 bits per heavy atom. The van der Waals surface area contributed by atoms with Crippen molar-refractivity contribution in [1.82, 2.24) is 0 Å². The summed E-state index contributed by atoms with van der Waals surface area (Å²) in [7, 11) is 1.38. The van der Waals surface area contributed by atoms with Crippen LogP contribution in [0.2, 0.25) is 0 Å². The maximum absolute atomic E-state index is 13.4. The summed E-state index contributed by atoms with van der Waals surface area (Å²) >= 11 is 0. The molecule has 13 heavy (non-hydrogen) atoms. The van der Waals surface area contributed by atoms with E-state index in [1.54, 1.807) is 25.1 Å². The first-order valence-corrected chi connectivity index (χ1v) is 3.93. The number of hydrogen-bond acceptors (Lipinski definition) is 2. The number of benzene rings is 1. The van der Waals surface area contributed by atoms with Gasteiger partial charge in [0.15, 0.2) is 6.29 Å². The van der Waals surface area contributed by atoms with E-state index < -0.39 is 6.10 Å². The zero-order valence-corrected chi connectivity index (χ0v) is 7.58. The van der Waals surface area contributed by atoms with Gasteiger partial charge in [-0.2, -0.15) is 0 Å². The molecule has 1 aromatic rings. The van der Waals surface area contributed by atoms with E-state index in [2.05, 4.69) is 0 Å². The predicted molar refractivity (Wildman–Crippen MR) is 47.0 cm³/mol. The summed E-state index contributed by atoms with van der Waals surface area (Å²) in [6.07, 6.45) is -0.224. The SMILES string of the molecule is COC(C=O)c1cccc(C)c1F. The molecule has 0 saturated carbocycles. The standard InChI is InChI=1S/C10H11FO2/c1-7-4-3-5-8(10(7)11)9(6-12)13-2/h3-6,9H,1-2H3. The maximum atomic E-state index is 13.4. The Labute approximate surface area is 76.3 Å². The zero-order valence-electron chi connectivity index (χ0n) is 7.58. The zero-order chi connectivity index (χ0) is 9.84. The Morgan fingerprint density at radius 2 is 2.23 bits per heavy atom. The van der Waals surface area contributed by atoms with E-state index in [1.165, 1.54) is 7.11 Å². The van der Waals surface area contributed by atoms with Gasteiger partial charge in [0.05, 0.1) is 0 Å². The topological polar surface area (TPSA) is 26.3 Å². The molecule has 1 rings (SSSR count). The van der Waals surface area contributed by atoms with Crippen molar-refractivity contribution in [3.8, 4) is 0 Å². The van der Waals surface area contributed by atoms with Gasteiger partial charge >= 0.3 is 0 Å². The van der Waals surface area contributed by atoms with Crippen molar-refractivity contribution in [3.05, 3.63) is 35.1 Å². The quantitative estimate of drug-likeness (QED) is 0.668. The van der Waals surface area contributed by atoms with Crippen LogP contribution in [-0.2, 0) is 9.53 Å². The van der Waals surface area contributed by atoms with Gasteiger partial charge in [0.25, 0.3) is 0 Å². The monoisotopic (exact) mass is 182 g/mol. The lowest BCUT2D eigenvalue weighted by atomic mass is 10.1. The molecule has 0 heterocycles. The number of ether oxygens (including phenoxy) is 1. The second-order valence-electron chi connectivity index (χ2n) is 2.77. The fourth-order valence-corrected chi connectivity index (χ4v) is 1.15. The van der Waals surface area contributed by atoms with Gasteiger partial charge in [-0.1, -0.05) is 18.2 Å². The third-order valence-corrected chi connectivity index (χ3v) is 1.91. The van der Waals surface area contributed by atoms with Gasteiger partial charge in [-0.05, 0) is 12.5 Å². The molecule has 70 valence electrons. The lowest BCUT2D eigenvalue weighted by molar-refractivity contribution is -0.116. The molecule has 0 radical (unpaired) electrons. The van der Waals surface area contributed by atoms with Crippen molar-refractivity contribution in [3.63, 3.8) is 0 Å². The largest absolute Gasteiger partial charge is 0.369 e. The minimum atomic E-state index is -0.806. The number of hydrogen-bond donors (Lipinski definition) is 0. The summed E-state index contributed by atoms with van der Waals surface area (Å²) in [5, 5.41) is 0. The van der Waals surface area contributed by atoms with E-state index in [0.29, 0.717) is 11.8 Å². The molecule has 2 nitrogen and oxygen atoms in total. The Hall–Kier alpha value is -1.22. The van der Waals surface area contributed by atoms with E-state index in [4.69, 9.17) is 4.74 Å². The first kappa shape index (κ1) is 9.86. The van der Waals surface area contributed by atoms with E-state index in [-0.39, 0.29) is 11.4 Å². The van der Waals surface area contributed by atoms with Crippen molar-refractivity contribution in [2.45, 2.75) is 13.0 Å². The van der Waals surface area contributed by atoms with Crippen LogP contribution in [0.1, 0.15) is 17.2 Å². The van der Waals surface area contributed by atoms with Gasteiger partial charge in [0.2, 0.25) is 0 Å². The van der Waals surface area contributed by atoms with Crippen LogP contribution < -0.4 is 0 Å². The highest BCUT2D eigenvalue weighted by atomic mass is 19.1. The number of aldehydes is 1. The highest BCUT2D eigenvalue weighted by molar-refractivity contribution is 5.60. The van der Waals surface area contributed by atoms with Gasteiger partial charge in [-0.3, -0.25) is 0 Å². The molecule has 0 aliphatic heterocycles. The lowest BCUT2D eigenvalue weighted by Crippen LogP contribution is -2.05. The van der Waals surface area contributed by atoms with Crippen LogP contribution in [0.5, 0.6) is 0 Å². The number of rotatable bonds is 3. The Morgan fingerprint density at radius 1 is 1.54 bits per heavy atom. The van der Waals surface area contributed by atoms with E-state index in [0.717, 1.165) is 0 Å². The average Bonchev–Trinajstić information content (AvgIpc) is 2.14. The maximum Gasteiger partial charge on any atom is 0.153 e. The van der Waals surface area contributed by atoms with Gasteiger partial charge < -0.3 is 9.53 Å². The molecule has 0 bridgehead atoms. The van der Waals surface area contributed by atoms with Crippen molar-refractivity contribution >= 4 is 6.29 Å². The Bertz CT molecular complexity index is 310. The second-order valence-corrected chi connectivity index (χ2v) is 2.77. The smallest absolute Gasteiger partial charge is 0.153 e. The number of carbonyl (C=O) groups is 1. The normalized spacial score (nSPS) is 12.5. The molecule has 1 unspecified atom stereocenters. The first-order valence-electron chi connectivity index (χ1n) is 3.93. The summed E-state index contributed by atoms with van der Waals surface area (Å²) < 4.78 is 18.2. The third kappa shape index (κ3) is 1.92. The van der Waals surface area contributed by atoms with E-state index in [9.17, 15) is 9.18 Å². The van der Waals surface area contributed by atoms with Crippen molar-refractivity contribution in [2.24, 2.45) is 0 Å². The van der Waals surface area contributed by atoms with Gasteiger partial charge in [0.1, 0.15) is 11.9 Å². The molecule has 0 aliphatic carbocycles. The summed E-state index contributed by atoms with van der Waals surface area (Å²) in [5.41, 5.74) is 0.805. The van der Waals surface area contributed by atoms with Crippen molar-refractivity contribution in [2.75, 3.05) is 7.11 Å². The average molecular weight is 182 g/mol. The fourth-order valence-electron chi connectivity index (χ4n) is 1.15. The molecule has 0 fully saturated rings. The molecule has 0 N–H and O–H groups in total. The number of methoxy groups -OCH3 is 1. The molecular weight excluding hydrogens is 171 g/mol. The van der Waals surface area contributed by atoms with Crippen LogP contribution >= 0.6 is 0 Å². The Balaban J connectivity index is 3.13. The summed E-state index contributed by atoms with van der Waals surface area (Å²) in [6.45, 7) is 1.65. The van der Waals surface area contributed by atoms with Crippen LogP contribution in [0.3, 0.4) is 0 Å². The fraction of sp³-hybridized carbons (Fsp3) is 0.300. The van der Waals surface area contributed by atoms with E-state index >= 15 is 0 Å². The summed E-state index contributed by atoms with van der Waals surface area (Å²) in [4.78, 5) is 10.5. The number of carbonyl (C=O) groups excluding carboxylic acids is 1. The molecule has 0 saturated heterocycles. The lowest BCUT2D eigenvalue weighted by Gasteiger charge is -2.10. The predicted octanol–water partition coefficient (Wildman–Crippen LogP) is 2.02. The summed E-state index contributed by atoms with van der Waals surface area (Å²) in [6, 6.07) is 4.89. The molecule has 3 heteroatoms. The molecule has 0 spiro atoms. The summed E-state index contributed by atoms with van der Waals surface area (Å²) in [5.74, 6) is -0.374. The number of aryl methyl sites for hydroxylation is 1. The van der Waals surface area contributed by atoms with Crippen LogP contribution in [-0.4, -0.2) is 13.4 Å². The Kier molecular flexibility index (Phi) is 3.14.